The molecule has 0 saturated heterocycles. The van der Waals surface area contributed by atoms with Crippen LogP contribution >= 0.6 is 0 Å². The van der Waals surface area contributed by atoms with Crippen molar-refractivity contribution in [3.05, 3.63) is 59.9 Å². The van der Waals surface area contributed by atoms with E-state index in [1.807, 2.05) is 26.0 Å². The summed E-state index contributed by atoms with van der Waals surface area (Å²) in [7, 11) is 0. The number of urea groups is 1. The average Bonchev–Trinajstić information content (AvgIpc) is 2.50. The zero-order valence-electron chi connectivity index (χ0n) is 12.6. The zero-order valence-corrected chi connectivity index (χ0v) is 12.6. The zero-order chi connectivity index (χ0) is 15.9. The van der Waals surface area contributed by atoms with Crippen molar-refractivity contribution in [1.82, 2.24) is 5.32 Å². The van der Waals surface area contributed by atoms with Crippen molar-refractivity contribution in [3.8, 4) is 5.75 Å². The molecule has 0 heterocycles. The summed E-state index contributed by atoms with van der Waals surface area (Å²) in [6.45, 7) is 4.24. The minimum absolute atomic E-state index is 0.236. The molecule has 0 saturated carbocycles. The van der Waals surface area contributed by atoms with Crippen LogP contribution < -0.4 is 15.4 Å². The summed E-state index contributed by atoms with van der Waals surface area (Å²) in [5.74, 6) is 0.320. The van der Waals surface area contributed by atoms with E-state index in [9.17, 15) is 9.18 Å². The standard InChI is InChI=1S/C17H19FN2O2/c1-3-22-16-7-5-4-6-15(16)20-17(21)19-12(2)13-8-10-14(18)11-9-13/h4-12H,3H2,1-2H3,(H2,19,20,21)/t12-/m0/s1. The van der Waals surface area contributed by atoms with Gasteiger partial charge in [-0.3, -0.25) is 0 Å². The van der Waals surface area contributed by atoms with Crippen LogP contribution in [0.2, 0.25) is 0 Å². The molecule has 4 nitrogen and oxygen atoms in total. The van der Waals surface area contributed by atoms with Gasteiger partial charge < -0.3 is 15.4 Å². The summed E-state index contributed by atoms with van der Waals surface area (Å²) in [5, 5.41) is 5.56. The Kier molecular flexibility index (Phi) is 5.36. The summed E-state index contributed by atoms with van der Waals surface area (Å²) >= 11 is 0. The summed E-state index contributed by atoms with van der Waals surface area (Å²) in [6, 6.07) is 12.7. The average molecular weight is 302 g/mol. The SMILES string of the molecule is CCOc1ccccc1NC(=O)N[C@@H](C)c1ccc(F)cc1. The minimum atomic E-state index is -0.344. The Hall–Kier alpha value is -2.56. The van der Waals surface area contributed by atoms with Crippen molar-refractivity contribution >= 4 is 11.7 Å². The van der Waals surface area contributed by atoms with Gasteiger partial charge in [-0.05, 0) is 43.7 Å². The van der Waals surface area contributed by atoms with Crippen LogP contribution in [0.15, 0.2) is 48.5 Å². The number of amides is 2. The van der Waals surface area contributed by atoms with Gasteiger partial charge in [0.2, 0.25) is 0 Å². The van der Waals surface area contributed by atoms with Gasteiger partial charge in [-0.15, -0.1) is 0 Å². The van der Waals surface area contributed by atoms with Crippen molar-refractivity contribution in [2.75, 3.05) is 11.9 Å². The van der Waals surface area contributed by atoms with Gasteiger partial charge in [0, 0.05) is 0 Å². The molecule has 0 aromatic heterocycles. The van der Waals surface area contributed by atoms with Gasteiger partial charge in [0.25, 0.3) is 0 Å². The highest BCUT2D eigenvalue weighted by molar-refractivity contribution is 5.91. The van der Waals surface area contributed by atoms with Crippen LogP contribution in [0.3, 0.4) is 0 Å². The second kappa shape index (κ2) is 7.45. The number of halogens is 1. The van der Waals surface area contributed by atoms with Gasteiger partial charge in [-0.25, -0.2) is 9.18 Å². The number of hydrogen-bond acceptors (Lipinski definition) is 2. The van der Waals surface area contributed by atoms with Crippen molar-refractivity contribution in [1.29, 1.82) is 0 Å². The highest BCUT2D eigenvalue weighted by atomic mass is 19.1. The van der Waals surface area contributed by atoms with Gasteiger partial charge in [0.05, 0.1) is 18.3 Å². The molecule has 2 amide bonds. The fourth-order valence-corrected chi connectivity index (χ4v) is 2.04. The monoisotopic (exact) mass is 302 g/mol. The van der Waals surface area contributed by atoms with E-state index in [-0.39, 0.29) is 17.9 Å². The smallest absolute Gasteiger partial charge is 0.319 e. The molecule has 0 bridgehead atoms. The third kappa shape index (κ3) is 4.22. The second-order valence-corrected chi connectivity index (χ2v) is 4.80. The van der Waals surface area contributed by atoms with Gasteiger partial charge in [0.1, 0.15) is 11.6 Å². The maximum atomic E-state index is 12.9. The molecular formula is C17H19FN2O2. The molecule has 116 valence electrons. The number of para-hydroxylation sites is 2. The summed E-state index contributed by atoms with van der Waals surface area (Å²) in [6.07, 6.45) is 0. The number of benzene rings is 2. The van der Waals surface area contributed by atoms with E-state index in [4.69, 9.17) is 4.74 Å². The molecule has 0 aliphatic carbocycles. The number of carbonyl (C=O) groups excluding carboxylic acids is 1. The number of carbonyl (C=O) groups is 1. The van der Waals surface area contributed by atoms with Gasteiger partial charge in [0.15, 0.2) is 0 Å². The van der Waals surface area contributed by atoms with Crippen molar-refractivity contribution in [3.63, 3.8) is 0 Å². The number of rotatable bonds is 5. The lowest BCUT2D eigenvalue weighted by Gasteiger charge is -2.16. The van der Waals surface area contributed by atoms with Crippen LogP contribution in [0.1, 0.15) is 25.5 Å². The van der Waals surface area contributed by atoms with E-state index in [0.717, 1.165) is 5.56 Å². The largest absolute Gasteiger partial charge is 0.492 e. The number of anilines is 1. The van der Waals surface area contributed by atoms with Crippen LogP contribution in [0, 0.1) is 5.82 Å². The first-order valence-electron chi connectivity index (χ1n) is 7.15. The molecule has 0 radical (unpaired) electrons. The predicted octanol–water partition coefficient (Wildman–Crippen LogP) is 4.11. The maximum absolute atomic E-state index is 12.9. The summed E-state index contributed by atoms with van der Waals surface area (Å²) in [5.41, 5.74) is 1.43. The van der Waals surface area contributed by atoms with E-state index in [0.29, 0.717) is 18.0 Å². The molecule has 22 heavy (non-hydrogen) atoms. The number of nitrogens with one attached hydrogen (secondary N) is 2. The minimum Gasteiger partial charge on any atom is -0.492 e. The molecule has 0 aliphatic heterocycles. The fourth-order valence-electron chi connectivity index (χ4n) is 2.04. The molecule has 2 aromatic carbocycles. The van der Waals surface area contributed by atoms with Crippen molar-refractivity contribution in [2.24, 2.45) is 0 Å². The van der Waals surface area contributed by atoms with Gasteiger partial charge in [-0.1, -0.05) is 24.3 Å². The molecule has 0 unspecified atom stereocenters. The van der Waals surface area contributed by atoms with Crippen LogP contribution in [0.5, 0.6) is 5.75 Å². The summed E-state index contributed by atoms with van der Waals surface area (Å²) in [4.78, 5) is 12.1. The van der Waals surface area contributed by atoms with Crippen LogP contribution in [-0.4, -0.2) is 12.6 Å². The van der Waals surface area contributed by atoms with E-state index in [1.54, 1.807) is 24.3 Å². The molecular weight excluding hydrogens is 283 g/mol. The molecule has 2 N–H and O–H groups in total. The maximum Gasteiger partial charge on any atom is 0.319 e. The van der Waals surface area contributed by atoms with E-state index in [1.165, 1.54) is 12.1 Å². The van der Waals surface area contributed by atoms with E-state index >= 15 is 0 Å². The lowest BCUT2D eigenvalue weighted by atomic mass is 10.1. The highest BCUT2D eigenvalue weighted by Crippen LogP contribution is 2.23. The molecule has 0 fully saturated rings. The molecule has 5 heteroatoms. The van der Waals surface area contributed by atoms with Crippen LogP contribution in [-0.2, 0) is 0 Å². The topological polar surface area (TPSA) is 50.4 Å². The molecule has 1 atom stereocenters. The van der Waals surface area contributed by atoms with Gasteiger partial charge >= 0.3 is 6.03 Å². The predicted molar refractivity (Wildman–Crippen MR) is 84.6 cm³/mol. The van der Waals surface area contributed by atoms with Gasteiger partial charge in [-0.2, -0.15) is 0 Å². The Balaban J connectivity index is 1.99. The Morgan fingerprint density at radius 2 is 1.86 bits per heavy atom. The quantitative estimate of drug-likeness (QED) is 0.873. The highest BCUT2D eigenvalue weighted by Gasteiger charge is 2.11. The van der Waals surface area contributed by atoms with E-state index < -0.39 is 0 Å². The first-order valence-corrected chi connectivity index (χ1v) is 7.15. The van der Waals surface area contributed by atoms with Crippen molar-refractivity contribution in [2.45, 2.75) is 19.9 Å². The van der Waals surface area contributed by atoms with Crippen LogP contribution in [0.4, 0.5) is 14.9 Å². The first-order chi connectivity index (χ1) is 10.6. The normalized spacial score (nSPS) is 11.6. The Bertz CT molecular complexity index is 629. The van der Waals surface area contributed by atoms with Crippen LogP contribution in [0.25, 0.3) is 0 Å². The number of ether oxygens (including phenoxy) is 1. The molecule has 0 aliphatic rings. The molecule has 0 spiro atoms. The lowest BCUT2D eigenvalue weighted by Crippen LogP contribution is -2.31. The van der Waals surface area contributed by atoms with Crippen molar-refractivity contribution < 1.29 is 13.9 Å². The van der Waals surface area contributed by atoms with E-state index in [2.05, 4.69) is 10.6 Å². The molecule has 2 aromatic rings. The Labute approximate surface area is 129 Å². The second-order valence-electron chi connectivity index (χ2n) is 4.80. The first kappa shape index (κ1) is 15.8. The third-order valence-corrected chi connectivity index (χ3v) is 3.15. The number of hydrogen-bond donors (Lipinski definition) is 2. The Morgan fingerprint density at radius 1 is 1.18 bits per heavy atom. The Morgan fingerprint density at radius 3 is 2.55 bits per heavy atom. The summed E-state index contributed by atoms with van der Waals surface area (Å²) < 4.78 is 18.4. The molecule has 2 rings (SSSR count). The fraction of sp³-hybridized carbons (Fsp3) is 0.235. The lowest BCUT2D eigenvalue weighted by molar-refractivity contribution is 0.249. The third-order valence-electron chi connectivity index (χ3n) is 3.15.